The Balaban J connectivity index is 0. The van der Waals surface area contributed by atoms with Gasteiger partial charge < -0.3 is 5.11 Å². The van der Waals surface area contributed by atoms with Crippen molar-refractivity contribution in [3.63, 3.8) is 0 Å². The first-order valence-corrected chi connectivity index (χ1v) is 3.08. The van der Waals surface area contributed by atoms with Crippen molar-refractivity contribution in [2.75, 3.05) is 27.7 Å². The minimum atomic E-state index is -1.41. The van der Waals surface area contributed by atoms with Crippen LogP contribution in [-0.4, -0.2) is 48.7 Å². The summed E-state index contributed by atoms with van der Waals surface area (Å²) >= 11 is 0. The summed E-state index contributed by atoms with van der Waals surface area (Å²) in [7, 11) is 5.76. The number of nitro groups is 1. The molecular weight excluding hydrogens is 166 g/mol. The lowest BCUT2D eigenvalue weighted by Gasteiger charge is -2.02. The number of nitrogens with zero attached hydrogens (tertiary/aromatic N) is 2. The van der Waals surface area contributed by atoms with Gasteiger partial charge in [-0.1, -0.05) is 0 Å². The standard InChI is InChI=1S/C3H10N2.C2H3NO4/c1-4-5(2)3;4-2(5)1-3(6)7/h4H,1-3H3;1H2,(H,4,5). The zero-order valence-corrected chi connectivity index (χ0v) is 7.27. The molecule has 0 aromatic heterocycles. The van der Waals surface area contributed by atoms with Crippen LogP contribution in [0.3, 0.4) is 0 Å². The van der Waals surface area contributed by atoms with E-state index in [9.17, 15) is 14.9 Å². The molecule has 0 heterocycles. The molecule has 0 aromatic carbocycles. The van der Waals surface area contributed by atoms with E-state index in [-0.39, 0.29) is 0 Å². The van der Waals surface area contributed by atoms with Crippen molar-refractivity contribution in [2.45, 2.75) is 0 Å². The van der Waals surface area contributed by atoms with Crippen LogP contribution in [0.1, 0.15) is 0 Å². The number of carboxylic acid groups (broad SMARTS) is 1. The molecule has 0 aliphatic heterocycles. The summed E-state index contributed by atoms with van der Waals surface area (Å²) in [6.45, 7) is -1.00. The van der Waals surface area contributed by atoms with Gasteiger partial charge in [0.25, 0.3) is 6.54 Å². The third-order valence-corrected chi connectivity index (χ3v) is 0.712. The molecule has 0 aromatic rings. The highest BCUT2D eigenvalue weighted by molar-refractivity contribution is 5.67. The second kappa shape index (κ2) is 7.89. The van der Waals surface area contributed by atoms with Crippen molar-refractivity contribution < 1.29 is 14.8 Å². The smallest absolute Gasteiger partial charge is 0.376 e. The SMILES string of the molecule is CNN(C)C.O=C(O)C[N+](=O)[O-]. The Morgan fingerprint density at radius 1 is 1.67 bits per heavy atom. The molecule has 2 N–H and O–H groups in total. The second-order valence-corrected chi connectivity index (χ2v) is 2.00. The molecule has 0 saturated heterocycles. The highest BCUT2D eigenvalue weighted by atomic mass is 16.6. The quantitative estimate of drug-likeness (QED) is 0.427. The van der Waals surface area contributed by atoms with Gasteiger partial charge >= 0.3 is 5.97 Å². The van der Waals surface area contributed by atoms with Crippen LogP contribution >= 0.6 is 0 Å². The molecular formula is C5H13N3O4. The molecule has 0 atom stereocenters. The van der Waals surface area contributed by atoms with Crippen molar-refractivity contribution in [1.29, 1.82) is 0 Å². The Kier molecular flexibility index (Phi) is 8.80. The van der Waals surface area contributed by atoms with E-state index in [1.807, 2.05) is 26.2 Å². The molecule has 12 heavy (non-hydrogen) atoms. The zero-order valence-electron chi connectivity index (χ0n) is 7.27. The van der Waals surface area contributed by atoms with Gasteiger partial charge in [0.15, 0.2) is 0 Å². The van der Waals surface area contributed by atoms with Crippen LogP contribution in [0.15, 0.2) is 0 Å². The number of hydrogen-bond donors (Lipinski definition) is 2. The summed E-state index contributed by atoms with van der Waals surface area (Å²) in [5.41, 5.74) is 2.86. The van der Waals surface area contributed by atoms with Gasteiger partial charge in [-0.25, -0.2) is 4.79 Å². The maximum atomic E-state index is 9.37. The van der Waals surface area contributed by atoms with E-state index in [4.69, 9.17) is 5.11 Å². The Labute approximate surface area is 70.1 Å². The van der Waals surface area contributed by atoms with Crippen LogP contribution in [-0.2, 0) is 4.79 Å². The lowest BCUT2D eigenvalue weighted by Crippen LogP contribution is -2.25. The Hall–Kier alpha value is -1.21. The lowest BCUT2D eigenvalue weighted by molar-refractivity contribution is -0.469. The number of nitrogens with one attached hydrogen (secondary N) is 1. The van der Waals surface area contributed by atoms with Gasteiger partial charge in [0.05, 0.1) is 0 Å². The zero-order chi connectivity index (χ0) is 10.1. The maximum Gasteiger partial charge on any atom is 0.376 e. The summed E-state index contributed by atoms with van der Waals surface area (Å²) < 4.78 is 0. The van der Waals surface area contributed by atoms with E-state index in [1.165, 1.54) is 0 Å². The van der Waals surface area contributed by atoms with Crippen LogP contribution in [0, 0.1) is 10.1 Å². The summed E-state index contributed by atoms with van der Waals surface area (Å²) in [5, 5.41) is 18.8. The van der Waals surface area contributed by atoms with E-state index >= 15 is 0 Å². The summed E-state index contributed by atoms with van der Waals surface area (Å²) in [4.78, 5) is 17.7. The molecule has 7 nitrogen and oxygen atoms in total. The Bertz CT molecular complexity index is 136. The molecule has 0 fully saturated rings. The molecule has 0 bridgehead atoms. The minimum absolute atomic E-state index is 0.900. The van der Waals surface area contributed by atoms with Crippen LogP contribution in [0.2, 0.25) is 0 Å². The molecule has 72 valence electrons. The topological polar surface area (TPSA) is 95.7 Å². The van der Waals surface area contributed by atoms with Crippen LogP contribution in [0.25, 0.3) is 0 Å². The average Bonchev–Trinajstić information content (AvgIpc) is 1.85. The lowest BCUT2D eigenvalue weighted by atomic mass is 10.7. The third kappa shape index (κ3) is 23.2. The molecule has 0 aliphatic rings. The van der Waals surface area contributed by atoms with Gasteiger partial charge in [-0.05, 0) is 7.05 Å². The van der Waals surface area contributed by atoms with Crippen LogP contribution in [0.5, 0.6) is 0 Å². The fourth-order valence-corrected chi connectivity index (χ4v) is 0.110. The molecule has 0 rings (SSSR count). The molecule has 0 unspecified atom stereocenters. The molecule has 0 spiro atoms. The molecule has 0 radical (unpaired) electrons. The molecule has 0 amide bonds. The normalized spacial score (nSPS) is 8.67. The Morgan fingerprint density at radius 3 is 2.00 bits per heavy atom. The van der Waals surface area contributed by atoms with Crippen molar-refractivity contribution in [3.05, 3.63) is 10.1 Å². The fourth-order valence-electron chi connectivity index (χ4n) is 0.110. The Morgan fingerprint density at radius 2 is 2.00 bits per heavy atom. The first-order valence-electron chi connectivity index (χ1n) is 3.08. The number of aliphatic carboxylic acids is 1. The second-order valence-electron chi connectivity index (χ2n) is 2.00. The van der Waals surface area contributed by atoms with Gasteiger partial charge in [-0.3, -0.25) is 20.5 Å². The van der Waals surface area contributed by atoms with Gasteiger partial charge in [-0.2, -0.15) is 0 Å². The van der Waals surface area contributed by atoms with Crippen molar-refractivity contribution in [1.82, 2.24) is 10.4 Å². The number of rotatable bonds is 3. The van der Waals surface area contributed by atoms with E-state index in [0.717, 1.165) is 0 Å². The number of carbonyl (C=O) groups is 1. The maximum absolute atomic E-state index is 9.37. The highest BCUT2D eigenvalue weighted by Crippen LogP contribution is 1.64. The fraction of sp³-hybridized carbons (Fsp3) is 0.800. The minimum Gasteiger partial charge on any atom is -0.476 e. The van der Waals surface area contributed by atoms with Gasteiger partial charge in [0, 0.05) is 19.0 Å². The van der Waals surface area contributed by atoms with Crippen molar-refractivity contribution in [2.24, 2.45) is 0 Å². The first-order chi connectivity index (χ1) is 5.40. The summed E-state index contributed by atoms with van der Waals surface area (Å²) in [6, 6.07) is 0. The largest absolute Gasteiger partial charge is 0.476 e. The molecule has 0 aliphatic carbocycles. The van der Waals surface area contributed by atoms with Gasteiger partial charge in [0.1, 0.15) is 0 Å². The number of hydrogen-bond acceptors (Lipinski definition) is 5. The van der Waals surface area contributed by atoms with Crippen LogP contribution < -0.4 is 5.43 Å². The van der Waals surface area contributed by atoms with E-state index in [0.29, 0.717) is 0 Å². The van der Waals surface area contributed by atoms with E-state index in [2.05, 4.69) is 5.43 Å². The van der Waals surface area contributed by atoms with Gasteiger partial charge in [-0.15, -0.1) is 0 Å². The van der Waals surface area contributed by atoms with Gasteiger partial charge in [0.2, 0.25) is 0 Å². The third-order valence-electron chi connectivity index (χ3n) is 0.712. The first kappa shape index (κ1) is 13.4. The summed E-state index contributed by atoms with van der Waals surface area (Å²) in [5.74, 6) is -1.41. The van der Waals surface area contributed by atoms with Crippen molar-refractivity contribution in [3.8, 4) is 0 Å². The predicted octanol–water partition coefficient (Wildman–Crippen LogP) is -0.970. The van der Waals surface area contributed by atoms with Crippen LogP contribution in [0.4, 0.5) is 0 Å². The highest BCUT2D eigenvalue weighted by Gasteiger charge is 2.02. The average molecular weight is 179 g/mol. The van der Waals surface area contributed by atoms with E-state index < -0.39 is 17.4 Å². The van der Waals surface area contributed by atoms with E-state index in [1.54, 1.807) is 0 Å². The number of hydrazine groups is 1. The monoisotopic (exact) mass is 179 g/mol. The number of carboxylic acids is 1. The predicted molar refractivity (Wildman–Crippen MR) is 42.2 cm³/mol. The van der Waals surface area contributed by atoms with Crippen molar-refractivity contribution >= 4 is 5.97 Å². The molecule has 7 heteroatoms. The summed E-state index contributed by atoms with van der Waals surface area (Å²) in [6.07, 6.45) is 0. The molecule has 0 saturated carbocycles.